The van der Waals surface area contributed by atoms with Crippen molar-refractivity contribution in [2.75, 3.05) is 32.8 Å². The van der Waals surface area contributed by atoms with E-state index in [0.29, 0.717) is 17.6 Å². The zero-order chi connectivity index (χ0) is 19.8. The topological polar surface area (TPSA) is 78.1 Å². The standard InChI is InChI=1S/C22H29N3O3/c1-26-18-8-9-21(27-2)20(15-18)25-22(23)24-19(17-6-4-3-5-7-17)14-16-10-12-28-13-11-16/h3-9,15-16,19H,10-14H2,1-2H3,(H3,23,24,25). The number of hydrogen-bond donors (Lipinski definition) is 2. The number of hydrogen-bond acceptors (Lipinski definition) is 4. The van der Waals surface area contributed by atoms with Gasteiger partial charge in [-0.25, -0.2) is 4.99 Å². The maximum absolute atomic E-state index is 6.28. The molecule has 0 aliphatic carbocycles. The molecule has 1 unspecified atom stereocenters. The molecular weight excluding hydrogens is 354 g/mol. The lowest BCUT2D eigenvalue weighted by Gasteiger charge is -2.25. The lowest BCUT2D eigenvalue weighted by Crippen LogP contribution is -2.25. The fourth-order valence-electron chi connectivity index (χ4n) is 3.49. The number of benzene rings is 2. The smallest absolute Gasteiger partial charge is 0.193 e. The molecule has 1 aliphatic heterocycles. The van der Waals surface area contributed by atoms with Gasteiger partial charge in [0.1, 0.15) is 11.5 Å². The van der Waals surface area contributed by atoms with Gasteiger partial charge in [-0.15, -0.1) is 0 Å². The predicted molar refractivity (Wildman–Crippen MR) is 112 cm³/mol. The van der Waals surface area contributed by atoms with Crippen LogP contribution in [0.2, 0.25) is 0 Å². The van der Waals surface area contributed by atoms with Crippen LogP contribution in [0.3, 0.4) is 0 Å². The molecule has 150 valence electrons. The molecule has 3 rings (SSSR count). The maximum Gasteiger partial charge on any atom is 0.193 e. The van der Waals surface area contributed by atoms with E-state index in [1.54, 1.807) is 14.2 Å². The highest BCUT2D eigenvalue weighted by molar-refractivity contribution is 5.94. The lowest BCUT2D eigenvalue weighted by atomic mass is 9.90. The first-order chi connectivity index (χ1) is 13.7. The summed E-state index contributed by atoms with van der Waals surface area (Å²) in [6, 6.07) is 15.8. The van der Waals surface area contributed by atoms with Crippen molar-refractivity contribution < 1.29 is 14.2 Å². The number of nitrogens with zero attached hydrogens (tertiary/aromatic N) is 1. The highest BCUT2D eigenvalue weighted by atomic mass is 16.5. The van der Waals surface area contributed by atoms with E-state index in [-0.39, 0.29) is 6.04 Å². The largest absolute Gasteiger partial charge is 0.497 e. The molecular formula is C22H29N3O3. The van der Waals surface area contributed by atoms with E-state index >= 15 is 0 Å². The fraction of sp³-hybridized carbons (Fsp3) is 0.409. The number of rotatable bonds is 7. The third-order valence-corrected chi connectivity index (χ3v) is 5.05. The lowest BCUT2D eigenvalue weighted by molar-refractivity contribution is 0.0619. The first-order valence-corrected chi connectivity index (χ1v) is 9.64. The van der Waals surface area contributed by atoms with Gasteiger partial charge in [0.05, 0.1) is 25.9 Å². The number of ether oxygens (including phenoxy) is 3. The third kappa shape index (κ3) is 5.39. The Hall–Kier alpha value is -2.73. The molecule has 0 radical (unpaired) electrons. The number of aliphatic imine (C=N–C) groups is 1. The maximum atomic E-state index is 6.28. The van der Waals surface area contributed by atoms with Gasteiger partial charge in [0.2, 0.25) is 0 Å². The first-order valence-electron chi connectivity index (χ1n) is 9.64. The van der Waals surface area contributed by atoms with Gasteiger partial charge in [-0.3, -0.25) is 0 Å². The van der Waals surface area contributed by atoms with Gasteiger partial charge >= 0.3 is 0 Å². The van der Waals surface area contributed by atoms with Gasteiger partial charge in [-0.1, -0.05) is 30.3 Å². The summed E-state index contributed by atoms with van der Waals surface area (Å²) >= 11 is 0. The van der Waals surface area contributed by atoms with Crippen LogP contribution in [0, 0.1) is 5.92 Å². The second kappa shape index (κ2) is 9.99. The summed E-state index contributed by atoms with van der Waals surface area (Å²) in [4.78, 5) is 4.81. The second-order valence-electron chi connectivity index (χ2n) is 6.92. The molecule has 0 amide bonds. The van der Waals surface area contributed by atoms with Crippen molar-refractivity contribution in [2.24, 2.45) is 16.6 Å². The summed E-state index contributed by atoms with van der Waals surface area (Å²) in [5, 5.41) is 3.17. The minimum Gasteiger partial charge on any atom is -0.497 e. The van der Waals surface area contributed by atoms with Crippen LogP contribution in [0.5, 0.6) is 11.5 Å². The molecule has 1 saturated heterocycles. The molecule has 28 heavy (non-hydrogen) atoms. The molecule has 2 aromatic rings. The molecule has 3 N–H and O–H groups in total. The second-order valence-corrected chi connectivity index (χ2v) is 6.92. The van der Waals surface area contributed by atoms with Crippen molar-refractivity contribution in [2.45, 2.75) is 25.3 Å². The summed E-state index contributed by atoms with van der Waals surface area (Å²) in [7, 11) is 3.25. The van der Waals surface area contributed by atoms with E-state index in [0.717, 1.165) is 49.5 Å². The molecule has 1 fully saturated rings. The number of guanidine groups is 1. The number of nitrogens with one attached hydrogen (secondary N) is 1. The van der Waals surface area contributed by atoms with Crippen LogP contribution < -0.4 is 20.5 Å². The van der Waals surface area contributed by atoms with Crippen LogP contribution in [-0.2, 0) is 4.74 Å². The molecule has 0 bridgehead atoms. The molecule has 1 aliphatic rings. The molecule has 0 saturated carbocycles. The number of methoxy groups -OCH3 is 2. The van der Waals surface area contributed by atoms with E-state index in [2.05, 4.69) is 17.4 Å². The zero-order valence-electron chi connectivity index (χ0n) is 16.6. The van der Waals surface area contributed by atoms with Crippen molar-refractivity contribution in [3.8, 4) is 11.5 Å². The zero-order valence-corrected chi connectivity index (χ0v) is 16.6. The van der Waals surface area contributed by atoms with Crippen molar-refractivity contribution in [3.05, 3.63) is 54.1 Å². The van der Waals surface area contributed by atoms with Gasteiger partial charge in [0, 0.05) is 19.3 Å². The summed E-state index contributed by atoms with van der Waals surface area (Å²) in [5.41, 5.74) is 8.17. The minimum absolute atomic E-state index is 0.00611. The van der Waals surface area contributed by atoms with Gasteiger partial charge < -0.3 is 25.3 Å². The Morgan fingerprint density at radius 2 is 1.89 bits per heavy atom. The van der Waals surface area contributed by atoms with Gasteiger partial charge in [-0.05, 0) is 42.9 Å². The Balaban J connectivity index is 1.81. The predicted octanol–water partition coefficient (Wildman–Crippen LogP) is 3.99. The molecule has 6 heteroatoms. The summed E-state index contributed by atoms with van der Waals surface area (Å²) in [6.07, 6.45) is 3.08. The quantitative estimate of drug-likeness (QED) is 0.558. The highest BCUT2D eigenvalue weighted by Gasteiger charge is 2.20. The third-order valence-electron chi connectivity index (χ3n) is 5.05. The molecule has 6 nitrogen and oxygen atoms in total. The van der Waals surface area contributed by atoms with E-state index in [4.69, 9.17) is 24.9 Å². The summed E-state index contributed by atoms with van der Waals surface area (Å²) in [6.45, 7) is 1.65. The fourth-order valence-corrected chi connectivity index (χ4v) is 3.49. The Labute approximate surface area is 166 Å². The van der Waals surface area contributed by atoms with E-state index < -0.39 is 0 Å². The summed E-state index contributed by atoms with van der Waals surface area (Å²) in [5.74, 6) is 2.34. The van der Waals surface area contributed by atoms with E-state index in [1.165, 1.54) is 0 Å². The van der Waals surface area contributed by atoms with Crippen LogP contribution >= 0.6 is 0 Å². The molecule has 1 atom stereocenters. The minimum atomic E-state index is -0.00611. The summed E-state index contributed by atoms with van der Waals surface area (Å²) < 4.78 is 16.2. The Bertz CT molecular complexity index is 774. The highest BCUT2D eigenvalue weighted by Crippen LogP contribution is 2.32. The average Bonchev–Trinajstić information content (AvgIpc) is 2.74. The van der Waals surface area contributed by atoms with E-state index in [9.17, 15) is 0 Å². The average molecular weight is 383 g/mol. The van der Waals surface area contributed by atoms with Gasteiger partial charge in [0.15, 0.2) is 5.96 Å². The van der Waals surface area contributed by atoms with Crippen LogP contribution in [0.15, 0.2) is 53.5 Å². The molecule has 1 heterocycles. The number of anilines is 1. The van der Waals surface area contributed by atoms with Crippen molar-refractivity contribution in [1.82, 2.24) is 0 Å². The Kier molecular flexibility index (Phi) is 7.14. The van der Waals surface area contributed by atoms with Crippen molar-refractivity contribution >= 4 is 11.6 Å². The van der Waals surface area contributed by atoms with Crippen LogP contribution in [0.4, 0.5) is 5.69 Å². The van der Waals surface area contributed by atoms with Crippen LogP contribution in [0.25, 0.3) is 0 Å². The SMILES string of the molecule is COc1ccc(OC)c(NC(N)=NC(CC2CCOCC2)c2ccccc2)c1. The first kappa shape index (κ1) is 20.0. The molecule has 2 aromatic carbocycles. The number of nitrogens with two attached hydrogens (primary N) is 1. The molecule has 0 aromatic heterocycles. The molecule has 0 spiro atoms. The van der Waals surface area contributed by atoms with Crippen molar-refractivity contribution in [3.63, 3.8) is 0 Å². The van der Waals surface area contributed by atoms with E-state index in [1.807, 2.05) is 36.4 Å². The van der Waals surface area contributed by atoms with Gasteiger partial charge in [-0.2, -0.15) is 0 Å². The van der Waals surface area contributed by atoms with Gasteiger partial charge in [0.25, 0.3) is 0 Å². The van der Waals surface area contributed by atoms with Crippen molar-refractivity contribution in [1.29, 1.82) is 0 Å². The van der Waals surface area contributed by atoms with Crippen LogP contribution in [-0.4, -0.2) is 33.4 Å². The van der Waals surface area contributed by atoms with Crippen LogP contribution in [0.1, 0.15) is 30.9 Å². The Morgan fingerprint density at radius 3 is 2.57 bits per heavy atom. The normalized spacial score (nSPS) is 16.4. The Morgan fingerprint density at radius 1 is 1.14 bits per heavy atom. The monoisotopic (exact) mass is 383 g/mol.